The Bertz CT molecular complexity index is 587. The molecule has 0 radical (unpaired) electrons. The predicted octanol–water partition coefficient (Wildman–Crippen LogP) is 1.11. The molecule has 0 saturated carbocycles. The molecule has 120 valence electrons. The Hall–Kier alpha value is -2.44. The minimum absolute atomic E-state index is 0.0461. The van der Waals surface area contributed by atoms with E-state index >= 15 is 0 Å². The quantitative estimate of drug-likeness (QED) is 0.624. The smallest absolute Gasteiger partial charge is 0.275 e. The molecule has 0 spiro atoms. The van der Waals surface area contributed by atoms with Gasteiger partial charge in [-0.1, -0.05) is 13.8 Å². The third-order valence-electron chi connectivity index (χ3n) is 3.23. The van der Waals surface area contributed by atoms with Gasteiger partial charge in [0.25, 0.3) is 11.6 Å². The van der Waals surface area contributed by atoms with Crippen LogP contribution in [0.4, 0.5) is 5.69 Å². The van der Waals surface area contributed by atoms with Crippen molar-refractivity contribution in [2.45, 2.75) is 40.2 Å². The van der Waals surface area contributed by atoms with E-state index in [0.717, 1.165) is 0 Å². The number of nitrogens with zero attached hydrogens (tertiary/aromatic N) is 1. The summed E-state index contributed by atoms with van der Waals surface area (Å²) in [7, 11) is 0. The highest BCUT2D eigenvalue weighted by molar-refractivity contribution is 5.97. The van der Waals surface area contributed by atoms with E-state index in [9.17, 15) is 24.8 Å². The van der Waals surface area contributed by atoms with Crippen molar-refractivity contribution < 1.29 is 19.6 Å². The van der Waals surface area contributed by atoms with Crippen molar-refractivity contribution in [3.05, 3.63) is 38.9 Å². The second kappa shape index (κ2) is 7.02. The molecule has 0 fully saturated rings. The lowest BCUT2D eigenvalue weighted by atomic mass is 10.0. The van der Waals surface area contributed by atoms with Crippen molar-refractivity contribution >= 4 is 17.6 Å². The predicted molar refractivity (Wildman–Crippen MR) is 78.3 cm³/mol. The van der Waals surface area contributed by atoms with Crippen LogP contribution in [0.15, 0.2) is 12.1 Å². The van der Waals surface area contributed by atoms with Gasteiger partial charge in [-0.25, -0.2) is 0 Å². The zero-order valence-corrected chi connectivity index (χ0v) is 13.0. The summed E-state index contributed by atoms with van der Waals surface area (Å²) in [5, 5.41) is 24.4. The summed E-state index contributed by atoms with van der Waals surface area (Å²) >= 11 is 0. The van der Waals surface area contributed by atoms with Crippen molar-refractivity contribution in [3.63, 3.8) is 0 Å². The highest BCUT2D eigenvalue weighted by Crippen LogP contribution is 2.24. The van der Waals surface area contributed by atoms with E-state index < -0.39 is 22.8 Å². The molecule has 0 bridgehead atoms. The molecule has 0 aliphatic carbocycles. The van der Waals surface area contributed by atoms with E-state index in [0.29, 0.717) is 11.1 Å². The lowest BCUT2D eigenvalue weighted by molar-refractivity contribution is -0.386. The normalized spacial score (nSPS) is 12.0. The van der Waals surface area contributed by atoms with E-state index in [-0.39, 0.29) is 23.6 Å². The highest BCUT2D eigenvalue weighted by Gasteiger charge is 2.20. The van der Waals surface area contributed by atoms with Crippen LogP contribution in [-0.2, 0) is 4.79 Å². The van der Waals surface area contributed by atoms with Gasteiger partial charge in [-0.3, -0.25) is 14.9 Å². The van der Waals surface area contributed by atoms with Crippen LogP contribution in [0, 0.1) is 29.9 Å². The van der Waals surface area contributed by atoms with Gasteiger partial charge in [-0.15, -0.1) is 0 Å². The number of hydrogen-bond acceptors (Lipinski definition) is 5. The third kappa shape index (κ3) is 4.28. The largest absolute Gasteiger partial charge is 0.548 e. The first-order valence-electron chi connectivity index (χ1n) is 6.90. The van der Waals surface area contributed by atoms with Crippen LogP contribution < -0.4 is 10.4 Å². The van der Waals surface area contributed by atoms with Crippen molar-refractivity contribution in [1.82, 2.24) is 5.32 Å². The summed E-state index contributed by atoms with van der Waals surface area (Å²) in [6.07, 6.45) is 0.249. The van der Waals surface area contributed by atoms with Crippen LogP contribution in [0.2, 0.25) is 0 Å². The number of benzene rings is 1. The Morgan fingerprint density at radius 1 is 1.23 bits per heavy atom. The molecule has 1 aromatic carbocycles. The maximum atomic E-state index is 12.2. The molecule has 0 unspecified atom stereocenters. The van der Waals surface area contributed by atoms with E-state index in [2.05, 4.69) is 5.32 Å². The van der Waals surface area contributed by atoms with E-state index in [1.807, 2.05) is 13.8 Å². The number of amides is 1. The molecular weight excluding hydrogens is 288 g/mol. The summed E-state index contributed by atoms with van der Waals surface area (Å²) in [6.45, 7) is 6.74. The standard InChI is InChI=1S/C15H20N2O5/c1-8(2)5-12(15(19)20)16-14(18)11-6-9(3)13(17(21)22)10(4)7-11/h6-8,12H,5H2,1-4H3,(H,16,18)(H,19,20)/p-1/t12-/m1/s1. The van der Waals surface area contributed by atoms with E-state index in [1.54, 1.807) is 0 Å². The number of hydrogen-bond donors (Lipinski definition) is 1. The first-order chi connectivity index (χ1) is 10.1. The number of carbonyl (C=O) groups is 2. The van der Waals surface area contributed by atoms with Gasteiger partial charge in [-0.05, 0) is 38.3 Å². The van der Waals surface area contributed by atoms with Gasteiger partial charge < -0.3 is 15.2 Å². The Morgan fingerprint density at radius 3 is 2.09 bits per heavy atom. The van der Waals surface area contributed by atoms with Crippen molar-refractivity contribution in [3.8, 4) is 0 Å². The Balaban J connectivity index is 3.03. The average molecular weight is 307 g/mol. The minimum atomic E-state index is -1.35. The molecular formula is C15H19N2O5-. The highest BCUT2D eigenvalue weighted by atomic mass is 16.6. The van der Waals surface area contributed by atoms with E-state index in [1.165, 1.54) is 26.0 Å². The van der Waals surface area contributed by atoms with E-state index in [4.69, 9.17) is 0 Å². The van der Waals surface area contributed by atoms with Gasteiger partial charge in [-0.2, -0.15) is 0 Å². The summed E-state index contributed by atoms with van der Waals surface area (Å²) in [5.74, 6) is -1.86. The summed E-state index contributed by atoms with van der Waals surface area (Å²) in [6, 6.07) is 1.66. The SMILES string of the molecule is Cc1cc(C(=O)N[C@H](CC(C)C)C(=O)[O-])cc(C)c1[N+](=O)[O-]. The summed E-state index contributed by atoms with van der Waals surface area (Å²) < 4.78 is 0. The van der Waals surface area contributed by atoms with Gasteiger partial charge in [0, 0.05) is 16.7 Å². The lowest BCUT2D eigenvalue weighted by Crippen LogP contribution is -2.48. The lowest BCUT2D eigenvalue weighted by Gasteiger charge is -2.21. The first kappa shape index (κ1) is 17.6. The van der Waals surface area contributed by atoms with Crippen LogP contribution in [0.1, 0.15) is 41.8 Å². The molecule has 1 N–H and O–H groups in total. The number of rotatable bonds is 6. The van der Waals surface area contributed by atoms with Gasteiger partial charge in [0.05, 0.1) is 16.9 Å². The molecule has 0 aliphatic rings. The monoisotopic (exact) mass is 307 g/mol. The molecule has 1 aromatic rings. The number of aryl methyl sites for hydroxylation is 2. The minimum Gasteiger partial charge on any atom is -0.548 e. The third-order valence-corrected chi connectivity index (χ3v) is 3.23. The number of nitro groups is 1. The van der Waals surface area contributed by atoms with Crippen LogP contribution in [0.5, 0.6) is 0 Å². The zero-order valence-electron chi connectivity index (χ0n) is 13.0. The maximum Gasteiger partial charge on any atom is 0.275 e. The summed E-state index contributed by atoms with van der Waals surface area (Å²) in [4.78, 5) is 33.6. The second-order valence-corrected chi connectivity index (χ2v) is 5.69. The summed E-state index contributed by atoms with van der Waals surface area (Å²) in [5.41, 5.74) is 0.846. The van der Waals surface area contributed by atoms with Crippen LogP contribution in [0.3, 0.4) is 0 Å². The molecule has 0 aliphatic heterocycles. The molecule has 7 heteroatoms. The maximum absolute atomic E-state index is 12.2. The number of carboxylic acids is 1. The van der Waals surface area contributed by atoms with Gasteiger partial charge in [0.15, 0.2) is 0 Å². The fourth-order valence-electron chi connectivity index (χ4n) is 2.30. The molecule has 0 saturated heterocycles. The number of carbonyl (C=O) groups excluding carboxylic acids is 2. The zero-order chi connectivity index (χ0) is 17.0. The Kier molecular flexibility index (Phi) is 5.62. The van der Waals surface area contributed by atoms with Crippen LogP contribution in [0.25, 0.3) is 0 Å². The van der Waals surface area contributed by atoms with Crippen molar-refractivity contribution in [2.24, 2.45) is 5.92 Å². The van der Waals surface area contributed by atoms with Crippen molar-refractivity contribution in [1.29, 1.82) is 0 Å². The molecule has 1 rings (SSSR count). The number of nitro benzene ring substituents is 1. The molecule has 0 heterocycles. The Morgan fingerprint density at radius 2 is 1.73 bits per heavy atom. The molecule has 0 aromatic heterocycles. The number of carboxylic acid groups (broad SMARTS) is 1. The topological polar surface area (TPSA) is 112 Å². The second-order valence-electron chi connectivity index (χ2n) is 5.69. The van der Waals surface area contributed by atoms with Crippen LogP contribution >= 0.6 is 0 Å². The molecule has 1 atom stereocenters. The van der Waals surface area contributed by atoms with Gasteiger partial charge >= 0.3 is 0 Å². The fourth-order valence-corrected chi connectivity index (χ4v) is 2.30. The fraction of sp³-hybridized carbons (Fsp3) is 0.467. The molecule has 1 amide bonds. The van der Waals surface area contributed by atoms with Crippen molar-refractivity contribution in [2.75, 3.05) is 0 Å². The molecule has 22 heavy (non-hydrogen) atoms. The number of aliphatic carboxylic acids is 1. The Labute approximate surface area is 128 Å². The van der Waals surface area contributed by atoms with Gasteiger partial charge in [0.1, 0.15) is 0 Å². The average Bonchev–Trinajstić information content (AvgIpc) is 2.35. The molecule has 7 nitrogen and oxygen atoms in total. The number of nitrogens with one attached hydrogen (secondary N) is 1. The van der Waals surface area contributed by atoms with Gasteiger partial charge in [0.2, 0.25) is 0 Å². The first-order valence-corrected chi connectivity index (χ1v) is 6.90. The van der Waals surface area contributed by atoms with Crippen LogP contribution in [-0.4, -0.2) is 22.8 Å².